The Kier molecular flexibility index (Phi) is 4.59. The van der Waals surface area contributed by atoms with Crippen molar-refractivity contribution in [3.8, 4) is 22.7 Å². The zero-order valence-electron chi connectivity index (χ0n) is 13.1. The van der Waals surface area contributed by atoms with Crippen molar-refractivity contribution in [2.24, 2.45) is 0 Å². The van der Waals surface area contributed by atoms with Crippen molar-refractivity contribution in [3.63, 3.8) is 0 Å². The van der Waals surface area contributed by atoms with Gasteiger partial charge in [0.15, 0.2) is 0 Å². The molecule has 1 heterocycles. The lowest BCUT2D eigenvalue weighted by Gasteiger charge is -2.11. The monoisotopic (exact) mass is 362 g/mol. The lowest BCUT2D eigenvalue weighted by molar-refractivity contribution is -0.274. The van der Waals surface area contributed by atoms with E-state index in [9.17, 15) is 13.2 Å². The van der Waals surface area contributed by atoms with Gasteiger partial charge in [-0.3, -0.25) is 4.57 Å². The molecule has 0 aliphatic heterocycles. The van der Waals surface area contributed by atoms with E-state index in [0.717, 1.165) is 16.8 Å². The first-order valence-electron chi connectivity index (χ1n) is 7.35. The van der Waals surface area contributed by atoms with E-state index in [1.54, 1.807) is 16.8 Å². The molecule has 3 nitrogen and oxygen atoms in total. The predicted octanol–water partition coefficient (Wildman–Crippen LogP) is 5.48. The minimum Gasteiger partial charge on any atom is -0.406 e. The van der Waals surface area contributed by atoms with Crippen LogP contribution in [0.15, 0.2) is 60.8 Å². The number of hydrogen-bond acceptors (Lipinski definition) is 3. The van der Waals surface area contributed by atoms with Gasteiger partial charge in [0.1, 0.15) is 5.75 Å². The predicted molar refractivity (Wildman–Crippen MR) is 91.3 cm³/mol. The Labute approximate surface area is 147 Å². The second-order valence-corrected chi connectivity index (χ2v) is 5.74. The largest absolute Gasteiger partial charge is 0.573 e. The van der Waals surface area contributed by atoms with E-state index < -0.39 is 6.36 Å². The SMILES string of the molecule is Cc1ccc(-c2ccn(-c3ccc(OC(F)(F)F)cc3)c(=S)n2)cc1. The number of hydrogen-bond donors (Lipinski definition) is 0. The maximum Gasteiger partial charge on any atom is 0.573 e. The Morgan fingerprint density at radius 1 is 0.960 bits per heavy atom. The second kappa shape index (κ2) is 6.68. The van der Waals surface area contributed by atoms with Gasteiger partial charge in [0.25, 0.3) is 0 Å². The molecule has 0 spiro atoms. The summed E-state index contributed by atoms with van der Waals surface area (Å²) >= 11 is 5.31. The van der Waals surface area contributed by atoms with Crippen molar-refractivity contribution in [3.05, 3.63) is 71.1 Å². The standard InChI is InChI=1S/C18H13F3N2OS/c1-12-2-4-13(5-3-12)16-10-11-23(17(25)22-16)14-6-8-15(9-7-14)24-18(19,20)21/h2-11H,1H3. The minimum absolute atomic E-state index is 0.285. The van der Waals surface area contributed by atoms with Crippen molar-refractivity contribution in [2.75, 3.05) is 0 Å². The number of nitrogens with zero attached hydrogens (tertiary/aromatic N) is 2. The summed E-state index contributed by atoms with van der Waals surface area (Å²) in [6.45, 7) is 2.00. The summed E-state index contributed by atoms with van der Waals surface area (Å²) in [5.74, 6) is -0.285. The molecule has 3 aromatic rings. The normalized spacial score (nSPS) is 11.4. The van der Waals surface area contributed by atoms with E-state index in [0.29, 0.717) is 10.5 Å². The van der Waals surface area contributed by atoms with E-state index in [-0.39, 0.29) is 5.75 Å². The van der Waals surface area contributed by atoms with Crippen LogP contribution in [-0.2, 0) is 0 Å². The molecule has 0 atom stereocenters. The Morgan fingerprint density at radius 2 is 1.60 bits per heavy atom. The fourth-order valence-corrected chi connectivity index (χ4v) is 2.56. The molecular formula is C18H13F3N2OS. The molecule has 0 radical (unpaired) electrons. The van der Waals surface area contributed by atoms with Crippen molar-refractivity contribution in [1.82, 2.24) is 9.55 Å². The summed E-state index contributed by atoms with van der Waals surface area (Å²) in [5.41, 5.74) is 3.42. The maximum absolute atomic E-state index is 12.2. The number of alkyl halides is 3. The molecule has 2 aromatic carbocycles. The van der Waals surface area contributed by atoms with Gasteiger partial charge in [0.2, 0.25) is 4.77 Å². The number of aromatic nitrogens is 2. The van der Waals surface area contributed by atoms with Crippen LogP contribution in [-0.4, -0.2) is 15.9 Å². The molecule has 0 N–H and O–H groups in total. The molecule has 128 valence electrons. The van der Waals surface area contributed by atoms with Crippen LogP contribution in [0.3, 0.4) is 0 Å². The van der Waals surface area contributed by atoms with Crippen LogP contribution in [0.4, 0.5) is 13.2 Å². The van der Waals surface area contributed by atoms with Crippen LogP contribution in [0.2, 0.25) is 0 Å². The van der Waals surface area contributed by atoms with Gasteiger partial charge in [0.05, 0.1) is 5.69 Å². The molecule has 0 saturated heterocycles. The van der Waals surface area contributed by atoms with Crippen LogP contribution in [0.5, 0.6) is 5.75 Å². The van der Waals surface area contributed by atoms with Gasteiger partial charge in [-0.25, -0.2) is 4.98 Å². The lowest BCUT2D eigenvalue weighted by Crippen LogP contribution is -2.17. The number of benzene rings is 2. The first-order chi connectivity index (χ1) is 11.8. The molecule has 0 bridgehead atoms. The third kappa shape index (κ3) is 4.24. The first kappa shape index (κ1) is 17.2. The highest BCUT2D eigenvalue weighted by Crippen LogP contribution is 2.24. The Hall–Kier alpha value is -2.67. The zero-order valence-corrected chi connectivity index (χ0v) is 13.9. The summed E-state index contributed by atoms with van der Waals surface area (Å²) < 4.78 is 42.4. The zero-order chi connectivity index (χ0) is 18.0. The number of ether oxygens (including phenoxy) is 1. The van der Waals surface area contributed by atoms with E-state index >= 15 is 0 Å². The molecule has 0 amide bonds. The topological polar surface area (TPSA) is 27.1 Å². The maximum atomic E-state index is 12.2. The molecule has 1 aromatic heterocycles. The van der Waals surface area contributed by atoms with Gasteiger partial charge in [-0.05, 0) is 49.5 Å². The molecule has 25 heavy (non-hydrogen) atoms. The van der Waals surface area contributed by atoms with Crippen molar-refractivity contribution in [1.29, 1.82) is 0 Å². The Morgan fingerprint density at radius 3 is 2.16 bits per heavy atom. The van der Waals surface area contributed by atoms with Crippen LogP contribution in [0, 0.1) is 11.7 Å². The van der Waals surface area contributed by atoms with Crippen LogP contribution in [0.1, 0.15) is 5.56 Å². The summed E-state index contributed by atoms with van der Waals surface area (Å²) in [5, 5.41) is 0. The quantitative estimate of drug-likeness (QED) is 0.578. The second-order valence-electron chi connectivity index (χ2n) is 5.37. The first-order valence-corrected chi connectivity index (χ1v) is 7.75. The molecule has 0 unspecified atom stereocenters. The van der Waals surface area contributed by atoms with Crippen LogP contribution >= 0.6 is 12.2 Å². The highest BCUT2D eigenvalue weighted by atomic mass is 32.1. The summed E-state index contributed by atoms with van der Waals surface area (Å²) in [7, 11) is 0. The Bertz CT molecular complexity index is 932. The van der Waals surface area contributed by atoms with Gasteiger partial charge in [-0.2, -0.15) is 0 Å². The molecule has 3 rings (SSSR count). The lowest BCUT2D eigenvalue weighted by atomic mass is 10.1. The molecule has 0 aliphatic rings. The molecule has 7 heteroatoms. The number of halogens is 3. The summed E-state index contributed by atoms with van der Waals surface area (Å²) in [4.78, 5) is 4.40. The summed E-state index contributed by atoms with van der Waals surface area (Å²) in [6.07, 6.45) is -2.97. The smallest absolute Gasteiger partial charge is 0.406 e. The fraction of sp³-hybridized carbons (Fsp3) is 0.111. The average Bonchev–Trinajstić information content (AvgIpc) is 2.55. The van der Waals surface area contributed by atoms with Gasteiger partial charge < -0.3 is 4.74 Å². The van der Waals surface area contributed by atoms with Crippen molar-refractivity contribution in [2.45, 2.75) is 13.3 Å². The van der Waals surface area contributed by atoms with E-state index in [2.05, 4.69) is 9.72 Å². The molecule has 0 fully saturated rings. The minimum atomic E-state index is -4.71. The summed E-state index contributed by atoms with van der Waals surface area (Å²) in [6, 6.07) is 15.1. The molecular weight excluding hydrogens is 349 g/mol. The van der Waals surface area contributed by atoms with Gasteiger partial charge in [0, 0.05) is 17.4 Å². The Balaban J connectivity index is 1.88. The van der Waals surface area contributed by atoms with Gasteiger partial charge in [-0.15, -0.1) is 13.2 Å². The third-order valence-corrected chi connectivity index (χ3v) is 3.79. The third-order valence-electron chi connectivity index (χ3n) is 3.50. The highest BCUT2D eigenvalue weighted by Gasteiger charge is 2.30. The fourth-order valence-electron chi connectivity index (χ4n) is 2.29. The highest BCUT2D eigenvalue weighted by molar-refractivity contribution is 7.71. The van der Waals surface area contributed by atoms with E-state index in [1.165, 1.54) is 24.3 Å². The van der Waals surface area contributed by atoms with E-state index in [4.69, 9.17) is 12.2 Å². The van der Waals surface area contributed by atoms with Crippen molar-refractivity contribution < 1.29 is 17.9 Å². The van der Waals surface area contributed by atoms with Crippen LogP contribution < -0.4 is 4.74 Å². The molecule has 0 aliphatic carbocycles. The van der Waals surface area contributed by atoms with Crippen molar-refractivity contribution >= 4 is 12.2 Å². The number of aryl methyl sites for hydroxylation is 1. The van der Waals surface area contributed by atoms with Crippen LogP contribution in [0.25, 0.3) is 16.9 Å². The van der Waals surface area contributed by atoms with Gasteiger partial charge in [-0.1, -0.05) is 29.8 Å². The average molecular weight is 362 g/mol. The molecule has 0 saturated carbocycles. The van der Waals surface area contributed by atoms with Gasteiger partial charge >= 0.3 is 6.36 Å². The number of rotatable bonds is 3. The van der Waals surface area contributed by atoms with E-state index in [1.807, 2.05) is 31.2 Å².